The maximum absolute atomic E-state index is 8.13. The summed E-state index contributed by atoms with van der Waals surface area (Å²) in [6.45, 7) is -0.750. The molecule has 12 rings (SSSR count). The number of pyridine rings is 1. The molecule has 1 aliphatic rings. The van der Waals surface area contributed by atoms with E-state index in [1.54, 1.807) is 6.67 Å². The summed E-state index contributed by atoms with van der Waals surface area (Å²) in [5.74, 6) is 0.976. The van der Waals surface area contributed by atoms with Gasteiger partial charge in [0, 0.05) is 81.3 Å². The van der Waals surface area contributed by atoms with Gasteiger partial charge in [0.05, 0.1) is 16.6 Å². The number of nitrogens with zero attached hydrogens (tertiary/aromatic N) is 5. The van der Waals surface area contributed by atoms with Crippen LogP contribution in [0.4, 0.5) is 17.1 Å². The van der Waals surface area contributed by atoms with E-state index in [1.165, 1.54) is 15.7 Å². The van der Waals surface area contributed by atoms with Crippen LogP contribution in [0.5, 0.6) is 11.5 Å². The van der Waals surface area contributed by atoms with Gasteiger partial charge in [0.25, 0.3) is 0 Å². The largest absolute Gasteiger partial charge is 0.509 e. The summed E-state index contributed by atoms with van der Waals surface area (Å²) in [7, 11) is 0. The summed E-state index contributed by atoms with van der Waals surface area (Å²) in [5, 5.41) is 6.71. The van der Waals surface area contributed by atoms with E-state index in [0.29, 0.717) is 22.9 Å². The van der Waals surface area contributed by atoms with Crippen molar-refractivity contribution in [3.05, 3.63) is 177 Å². The number of hydrogen-bond acceptors (Lipinski definition) is 4. The number of fused-ring (bicyclic) bond motifs is 11. The van der Waals surface area contributed by atoms with Gasteiger partial charge >= 0.3 is 0 Å². The SMILES string of the molecule is [2H]C([2H])([2H])N1[CH-]N(c2[c-]c(Oc3[c-]c4c(cc3)c3cc(-c5ccccc5)cc5c6cccc7c8ccccc8n(c8cccnc8n4c35)c76)ccc2)c2ccccc21.[Pt]. The summed E-state index contributed by atoms with van der Waals surface area (Å²) in [6, 6.07) is 58.7. The molecule has 7 aromatic carbocycles. The molecule has 0 saturated carbocycles. The number of benzene rings is 7. The van der Waals surface area contributed by atoms with Crippen molar-refractivity contribution in [3.63, 3.8) is 0 Å². The Labute approximate surface area is 340 Å². The minimum Gasteiger partial charge on any atom is -0.509 e. The Hall–Kier alpha value is -6.62. The Bertz CT molecular complexity index is 3490. The van der Waals surface area contributed by atoms with Crippen LogP contribution in [0.2, 0.25) is 0 Å². The van der Waals surface area contributed by atoms with Crippen LogP contribution in [-0.2, 0) is 21.1 Å². The van der Waals surface area contributed by atoms with Crippen LogP contribution in [0.25, 0.3) is 76.7 Å². The maximum atomic E-state index is 8.13. The van der Waals surface area contributed by atoms with E-state index in [2.05, 4.69) is 112 Å². The van der Waals surface area contributed by atoms with Crippen LogP contribution in [0.15, 0.2) is 158 Å². The molecule has 56 heavy (non-hydrogen) atoms. The molecule has 11 aromatic rings. The standard InChI is InChI=1S/C49H30N5O.Pt/c1-51-30-52(44-21-8-7-20-43(44)51)33-14-9-15-34(28-33)55-35-23-24-37-40-26-32(31-12-3-2-4-13-31)27-41-39-18-10-17-38-36-16-5-6-19-42(36)53(47(38)39)45-22-11-25-50-49(45)54(48(40)41)46(37)29-35;/h2-27,30H,1H3;/q-3;/i1D3;. The van der Waals surface area contributed by atoms with Crippen LogP contribution in [0.1, 0.15) is 4.11 Å². The molecule has 0 bridgehead atoms. The first kappa shape index (κ1) is 29.7. The first-order valence-electron chi connectivity index (χ1n) is 19.7. The van der Waals surface area contributed by atoms with Crippen LogP contribution < -0.4 is 14.5 Å². The van der Waals surface area contributed by atoms with Crippen molar-refractivity contribution in [1.82, 2.24) is 13.8 Å². The summed E-state index contributed by atoms with van der Waals surface area (Å²) < 4.78 is 35.6. The summed E-state index contributed by atoms with van der Waals surface area (Å²) in [6.07, 6.45) is 1.85. The Kier molecular flexibility index (Phi) is 6.61. The van der Waals surface area contributed by atoms with Crippen LogP contribution in [0, 0.1) is 18.8 Å². The number of anilines is 3. The Morgan fingerprint density at radius 3 is 2.14 bits per heavy atom. The molecule has 0 saturated heterocycles. The van der Waals surface area contributed by atoms with E-state index >= 15 is 0 Å². The number of hydrogen-bond donors (Lipinski definition) is 0. The molecule has 0 unspecified atom stereocenters. The van der Waals surface area contributed by atoms with Crippen molar-refractivity contribution in [2.75, 3.05) is 16.8 Å². The first-order valence-corrected chi connectivity index (χ1v) is 18.2. The maximum Gasteiger partial charge on any atom is 0.160 e. The fourth-order valence-corrected chi connectivity index (χ4v) is 8.60. The third-order valence-electron chi connectivity index (χ3n) is 10.9. The van der Waals surface area contributed by atoms with Gasteiger partial charge in [-0.25, -0.2) is 4.98 Å². The van der Waals surface area contributed by atoms with Gasteiger partial charge < -0.3 is 23.3 Å². The Morgan fingerprint density at radius 1 is 0.571 bits per heavy atom. The van der Waals surface area contributed by atoms with Gasteiger partial charge in [0.1, 0.15) is 0 Å². The van der Waals surface area contributed by atoms with Crippen molar-refractivity contribution < 1.29 is 29.9 Å². The van der Waals surface area contributed by atoms with Gasteiger partial charge in [0.15, 0.2) is 5.65 Å². The second-order valence-electron chi connectivity index (χ2n) is 14.0. The zero-order valence-electron chi connectivity index (χ0n) is 32.5. The smallest absolute Gasteiger partial charge is 0.160 e. The second-order valence-corrected chi connectivity index (χ2v) is 14.0. The zero-order valence-corrected chi connectivity index (χ0v) is 31.8. The van der Waals surface area contributed by atoms with Gasteiger partial charge in [-0.2, -0.15) is 18.8 Å². The van der Waals surface area contributed by atoms with Crippen LogP contribution in [0.3, 0.4) is 0 Å². The molecule has 5 heterocycles. The molecular weight excluding hydrogens is 870 g/mol. The van der Waals surface area contributed by atoms with Crippen LogP contribution in [-0.4, -0.2) is 20.8 Å². The van der Waals surface area contributed by atoms with Gasteiger partial charge in [-0.05, 0) is 59.9 Å². The number of para-hydroxylation sites is 4. The molecular formula is C49H30N5OPt-3. The van der Waals surface area contributed by atoms with Crippen molar-refractivity contribution in [3.8, 4) is 22.6 Å². The van der Waals surface area contributed by atoms with E-state index in [9.17, 15) is 0 Å². The molecule has 7 heteroatoms. The minimum atomic E-state index is -2.35. The van der Waals surface area contributed by atoms with Gasteiger partial charge in [-0.15, -0.1) is 41.4 Å². The zero-order chi connectivity index (χ0) is 38.7. The van der Waals surface area contributed by atoms with E-state index in [-0.39, 0.29) is 21.1 Å². The number of ether oxygens (including phenoxy) is 1. The Balaban J connectivity index is 0.00000397. The fraction of sp³-hybridized carbons (Fsp3) is 0.0204. The second kappa shape index (κ2) is 12.5. The summed E-state index contributed by atoms with van der Waals surface area (Å²) in [5.41, 5.74) is 10.1. The third kappa shape index (κ3) is 4.69. The normalized spacial score (nSPS) is 13.8. The van der Waals surface area contributed by atoms with Crippen LogP contribution >= 0.6 is 0 Å². The van der Waals surface area contributed by atoms with Crippen molar-refractivity contribution >= 4 is 82.6 Å². The molecule has 0 amide bonds. The van der Waals surface area contributed by atoms with Gasteiger partial charge in [-0.3, -0.25) is 0 Å². The average Bonchev–Trinajstić information content (AvgIpc) is 3.92. The van der Waals surface area contributed by atoms with E-state index in [1.807, 2.05) is 71.8 Å². The van der Waals surface area contributed by atoms with Crippen molar-refractivity contribution in [2.24, 2.45) is 0 Å². The van der Waals surface area contributed by atoms with Crippen molar-refractivity contribution in [1.29, 1.82) is 0 Å². The average molecular weight is 903 g/mol. The fourth-order valence-electron chi connectivity index (χ4n) is 8.60. The first-order chi connectivity index (χ1) is 28.4. The van der Waals surface area contributed by atoms with E-state index in [0.717, 1.165) is 71.6 Å². The predicted octanol–water partition coefficient (Wildman–Crippen LogP) is 12.1. The molecule has 0 spiro atoms. The van der Waals surface area contributed by atoms with Gasteiger partial charge in [-0.1, -0.05) is 90.4 Å². The topological polar surface area (TPSA) is 37.4 Å². The molecule has 4 aromatic heterocycles. The minimum absolute atomic E-state index is 0. The van der Waals surface area contributed by atoms with E-state index in [4.69, 9.17) is 13.8 Å². The summed E-state index contributed by atoms with van der Waals surface area (Å²) in [4.78, 5) is 8.26. The van der Waals surface area contributed by atoms with E-state index < -0.39 is 6.98 Å². The van der Waals surface area contributed by atoms with Gasteiger partial charge in [0.2, 0.25) is 0 Å². The molecule has 0 N–H and O–H groups in total. The molecule has 6 nitrogen and oxygen atoms in total. The molecule has 0 atom stereocenters. The summed E-state index contributed by atoms with van der Waals surface area (Å²) >= 11 is 0. The molecule has 270 valence electrons. The molecule has 1 aliphatic heterocycles. The number of rotatable bonds is 4. The monoisotopic (exact) mass is 902 g/mol. The predicted molar refractivity (Wildman–Crippen MR) is 225 cm³/mol. The number of aromatic nitrogens is 3. The quantitative estimate of drug-likeness (QED) is 0.165. The molecule has 0 fully saturated rings. The van der Waals surface area contributed by atoms with Crippen molar-refractivity contribution in [2.45, 2.75) is 0 Å². The third-order valence-corrected chi connectivity index (χ3v) is 10.9. The molecule has 0 aliphatic carbocycles. The Morgan fingerprint density at radius 2 is 1.27 bits per heavy atom. The molecule has 0 radical (unpaired) electrons.